The van der Waals surface area contributed by atoms with E-state index in [9.17, 15) is 19.2 Å². The van der Waals surface area contributed by atoms with Crippen LogP contribution < -0.4 is 0 Å². The topological polar surface area (TPSA) is 74.8 Å². The lowest BCUT2D eigenvalue weighted by Gasteiger charge is -2.19. The molecule has 0 spiro atoms. The molecule has 0 radical (unpaired) electrons. The van der Waals surface area contributed by atoms with Crippen molar-refractivity contribution in [2.24, 2.45) is 47.3 Å². The molecule has 4 bridgehead atoms. The van der Waals surface area contributed by atoms with Crippen LogP contribution in [0.2, 0.25) is 0 Å². The second-order valence-corrected chi connectivity index (χ2v) is 9.36. The number of allylic oxidation sites excluding steroid dienone is 4. The third-order valence-corrected chi connectivity index (χ3v) is 8.14. The van der Waals surface area contributed by atoms with Gasteiger partial charge in [-0.25, -0.2) is 0 Å². The van der Waals surface area contributed by atoms with Gasteiger partial charge in [0.2, 0.25) is 23.6 Å². The largest absolute Gasteiger partial charge is 0.282 e. The lowest BCUT2D eigenvalue weighted by Crippen LogP contribution is -2.36. The van der Waals surface area contributed by atoms with Gasteiger partial charge in [0.1, 0.15) is 0 Å². The maximum atomic E-state index is 12.7. The summed E-state index contributed by atoms with van der Waals surface area (Å²) in [5.74, 6) is 0.291. The lowest BCUT2D eigenvalue weighted by atomic mass is 9.85. The molecule has 28 heavy (non-hydrogen) atoms. The fourth-order valence-electron chi connectivity index (χ4n) is 6.91. The summed E-state index contributed by atoms with van der Waals surface area (Å²) in [5, 5.41) is 0. The predicted octanol–water partition coefficient (Wildman–Crippen LogP) is 1.38. The van der Waals surface area contributed by atoms with Crippen LogP contribution in [-0.2, 0) is 19.2 Å². The number of fused-ring (bicyclic) bond motifs is 10. The Morgan fingerprint density at radius 3 is 1.14 bits per heavy atom. The molecule has 6 aliphatic rings. The van der Waals surface area contributed by atoms with E-state index >= 15 is 0 Å². The Morgan fingerprint density at radius 1 is 0.571 bits per heavy atom. The van der Waals surface area contributed by atoms with Crippen molar-refractivity contribution < 1.29 is 19.2 Å². The van der Waals surface area contributed by atoms with E-state index in [2.05, 4.69) is 24.3 Å². The Morgan fingerprint density at radius 2 is 0.857 bits per heavy atom. The second-order valence-electron chi connectivity index (χ2n) is 9.36. The zero-order valence-electron chi connectivity index (χ0n) is 15.7. The summed E-state index contributed by atoms with van der Waals surface area (Å²) in [6.07, 6.45) is 11.6. The van der Waals surface area contributed by atoms with Crippen molar-refractivity contribution in [1.29, 1.82) is 0 Å². The van der Waals surface area contributed by atoms with Crippen LogP contribution >= 0.6 is 0 Å². The summed E-state index contributed by atoms with van der Waals surface area (Å²) in [4.78, 5) is 53.7. The molecule has 4 fully saturated rings. The van der Waals surface area contributed by atoms with Gasteiger partial charge < -0.3 is 0 Å². The highest BCUT2D eigenvalue weighted by atomic mass is 16.2. The average molecular weight is 380 g/mol. The van der Waals surface area contributed by atoms with Crippen LogP contribution in [0.15, 0.2) is 24.3 Å². The molecule has 6 nitrogen and oxygen atoms in total. The minimum absolute atomic E-state index is 0.0163. The van der Waals surface area contributed by atoms with Crippen LogP contribution in [-0.4, -0.2) is 46.5 Å². The van der Waals surface area contributed by atoms with E-state index in [0.29, 0.717) is 25.9 Å². The summed E-state index contributed by atoms with van der Waals surface area (Å²) in [7, 11) is 0. The van der Waals surface area contributed by atoms with E-state index in [1.807, 2.05) is 0 Å². The highest BCUT2D eigenvalue weighted by molar-refractivity contribution is 6.07. The monoisotopic (exact) mass is 380 g/mol. The van der Waals surface area contributed by atoms with E-state index in [-0.39, 0.29) is 71.0 Å². The SMILES string of the molecule is O=C1[C@@H]2[C@@H](C(=O)N1CCCCN1C(=O)[C@@H]3[C@H](C1=O)[C@@H]1C=C[C@H]3C1)[C@H]1C=C[C@@H]2C1. The number of unbranched alkanes of at least 4 members (excludes halogenated alkanes) is 1. The normalized spacial score (nSPS) is 44.6. The molecule has 0 aromatic rings. The molecule has 0 aromatic carbocycles. The second kappa shape index (κ2) is 5.65. The number of amides is 4. The maximum Gasteiger partial charge on any atom is 0.233 e. The van der Waals surface area contributed by atoms with Gasteiger partial charge in [-0.3, -0.25) is 29.0 Å². The van der Waals surface area contributed by atoms with Crippen molar-refractivity contribution in [3.63, 3.8) is 0 Å². The third kappa shape index (κ3) is 1.98. The summed E-state index contributed by atoms with van der Waals surface area (Å²) >= 11 is 0. The van der Waals surface area contributed by atoms with Crippen LogP contribution in [0.25, 0.3) is 0 Å². The number of hydrogen-bond acceptors (Lipinski definition) is 4. The molecule has 6 heteroatoms. The fraction of sp³-hybridized carbons (Fsp3) is 0.636. The summed E-state index contributed by atoms with van der Waals surface area (Å²) in [5.41, 5.74) is 0. The molecule has 0 aromatic heterocycles. The van der Waals surface area contributed by atoms with Crippen LogP contribution in [0, 0.1) is 47.3 Å². The molecule has 146 valence electrons. The molecule has 4 amide bonds. The molecule has 0 unspecified atom stereocenters. The lowest BCUT2D eigenvalue weighted by molar-refractivity contribution is -0.143. The van der Waals surface area contributed by atoms with E-state index < -0.39 is 0 Å². The quantitative estimate of drug-likeness (QED) is 0.410. The van der Waals surface area contributed by atoms with Gasteiger partial charge >= 0.3 is 0 Å². The van der Waals surface area contributed by atoms with E-state index in [0.717, 1.165) is 12.8 Å². The van der Waals surface area contributed by atoms with Crippen molar-refractivity contribution in [2.75, 3.05) is 13.1 Å². The Kier molecular flexibility index (Phi) is 3.37. The number of imide groups is 2. The van der Waals surface area contributed by atoms with E-state index in [1.54, 1.807) is 0 Å². The maximum absolute atomic E-state index is 12.7. The zero-order chi connectivity index (χ0) is 19.2. The minimum atomic E-state index is -0.147. The number of nitrogens with zero attached hydrogens (tertiary/aromatic N) is 2. The summed E-state index contributed by atoms with van der Waals surface area (Å²) < 4.78 is 0. The molecule has 2 saturated carbocycles. The Labute approximate surface area is 163 Å². The molecule has 8 atom stereocenters. The first-order valence-corrected chi connectivity index (χ1v) is 10.6. The molecule has 2 saturated heterocycles. The number of rotatable bonds is 5. The van der Waals surface area contributed by atoms with Crippen molar-refractivity contribution in [3.05, 3.63) is 24.3 Å². The number of carbonyl (C=O) groups is 4. The summed E-state index contributed by atoms with van der Waals surface area (Å²) in [6.45, 7) is 0.806. The van der Waals surface area contributed by atoms with E-state index in [4.69, 9.17) is 0 Å². The molecular weight excluding hydrogens is 356 g/mol. The van der Waals surface area contributed by atoms with Crippen LogP contribution in [0.5, 0.6) is 0 Å². The van der Waals surface area contributed by atoms with Crippen molar-refractivity contribution >= 4 is 23.6 Å². The molecular formula is C22H24N2O4. The molecule has 6 rings (SSSR count). The average Bonchev–Trinajstić information content (AvgIpc) is 3.49. The van der Waals surface area contributed by atoms with Gasteiger partial charge in [0.05, 0.1) is 23.7 Å². The van der Waals surface area contributed by atoms with Gasteiger partial charge in [-0.1, -0.05) is 24.3 Å². The van der Waals surface area contributed by atoms with Crippen LogP contribution in [0.4, 0.5) is 0 Å². The molecule has 2 aliphatic heterocycles. The number of likely N-dealkylation sites (tertiary alicyclic amines) is 2. The van der Waals surface area contributed by atoms with Gasteiger partial charge in [0.25, 0.3) is 0 Å². The fourth-order valence-corrected chi connectivity index (χ4v) is 6.91. The number of hydrogen-bond donors (Lipinski definition) is 0. The summed E-state index contributed by atoms with van der Waals surface area (Å²) in [6, 6.07) is 0. The zero-order valence-corrected chi connectivity index (χ0v) is 15.7. The van der Waals surface area contributed by atoms with Crippen molar-refractivity contribution in [3.8, 4) is 0 Å². The Hall–Kier alpha value is -2.24. The van der Waals surface area contributed by atoms with Gasteiger partial charge in [-0.2, -0.15) is 0 Å². The standard InChI is InChI=1S/C22H24N2O4/c25-19-15-11-3-4-12(9-11)16(15)20(26)23(19)7-1-2-8-24-21(27)17-13-5-6-14(10-13)18(17)22(24)28/h3-6,11-18H,1-2,7-10H2/t11-,12+,13-,14+,15-,16-,17-,18+/m0/s1. The third-order valence-electron chi connectivity index (χ3n) is 8.14. The van der Waals surface area contributed by atoms with Crippen molar-refractivity contribution in [1.82, 2.24) is 9.80 Å². The van der Waals surface area contributed by atoms with Gasteiger partial charge in [0.15, 0.2) is 0 Å². The first kappa shape index (κ1) is 16.7. The molecule has 2 heterocycles. The van der Waals surface area contributed by atoms with Crippen molar-refractivity contribution in [2.45, 2.75) is 25.7 Å². The highest BCUT2D eigenvalue weighted by Crippen LogP contribution is 2.53. The molecule has 4 aliphatic carbocycles. The first-order chi connectivity index (χ1) is 13.6. The smallest absolute Gasteiger partial charge is 0.233 e. The van der Waals surface area contributed by atoms with Gasteiger partial charge in [-0.05, 0) is 49.4 Å². The Bertz CT molecular complexity index is 731. The van der Waals surface area contributed by atoms with Crippen LogP contribution in [0.1, 0.15) is 25.7 Å². The van der Waals surface area contributed by atoms with E-state index in [1.165, 1.54) is 9.80 Å². The Balaban J connectivity index is 1.05. The predicted molar refractivity (Wildman–Crippen MR) is 98.1 cm³/mol. The molecule has 0 N–H and O–H groups in total. The van der Waals surface area contributed by atoms with Gasteiger partial charge in [-0.15, -0.1) is 0 Å². The van der Waals surface area contributed by atoms with Crippen LogP contribution in [0.3, 0.4) is 0 Å². The highest BCUT2D eigenvalue weighted by Gasteiger charge is 2.60. The number of carbonyl (C=O) groups excluding carboxylic acids is 4. The first-order valence-electron chi connectivity index (χ1n) is 10.6. The van der Waals surface area contributed by atoms with Gasteiger partial charge in [0, 0.05) is 13.1 Å². The minimum Gasteiger partial charge on any atom is -0.282 e.